The second kappa shape index (κ2) is 5.92. The zero-order valence-corrected chi connectivity index (χ0v) is 11.9. The van der Waals surface area contributed by atoms with Crippen LogP contribution < -0.4 is 4.74 Å². The number of pyridine rings is 1. The van der Waals surface area contributed by atoms with Crippen LogP contribution in [0.15, 0.2) is 30.5 Å². The lowest BCUT2D eigenvalue weighted by atomic mass is 10.1. The molecule has 1 heterocycles. The van der Waals surface area contributed by atoms with Crippen molar-refractivity contribution in [3.05, 3.63) is 52.2 Å². The summed E-state index contributed by atoms with van der Waals surface area (Å²) in [6.45, 7) is 3.77. The summed E-state index contributed by atoms with van der Waals surface area (Å²) >= 11 is 6.05. The second-order valence-electron chi connectivity index (χ2n) is 4.36. The van der Waals surface area contributed by atoms with Crippen molar-refractivity contribution in [3.63, 3.8) is 0 Å². The topological polar surface area (TPSA) is 59.4 Å². The van der Waals surface area contributed by atoms with Crippen LogP contribution in [0.1, 0.15) is 28.4 Å². The Hall–Kier alpha value is -2.07. The predicted molar refractivity (Wildman–Crippen MR) is 76.8 cm³/mol. The Bertz CT molecular complexity index is 656. The number of hydrogen-bond acceptors (Lipinski definition) is 3. The van der Waals surface area contributed by atoms with Crippen LogP contribution in [0.3, 0.4) is 0 Å². The molecule has 1 aromatic carbocycles. The van der Waals surface area contributed by atoms with Crippen molar-refractivity contribution in [2.75, 3.05) is 0 Å². The highest BCUT2D eigenvalue weighted by atomic mass is 35.5. The van der Waals surface area contributed by atoms with Crippen molar-refractivity contribution in [3.8, 4) is 11.6 Å². The standard InChI is InChI=1S/C15H14ClNO3/c1-3-10-7-12(4-5-13(10)16)20-14-9(2)6-11(8-17-14)15(18)19/h4-8H,3H2,1-2H3,(H,18,19). The van der Waals surface area contributed by atoms with Crippen molar-refractivity contribution in [1.82, 2.24) is 4.98 Å². The van der Waals surface area contributed by atoms with Crippen LogP contribution in [0, 0.1) is 6.92 Å². The van der Waals surface area contributed by atoms with Crippen LogP contribution in [-0.4, -0.2) is 16.1 Å². The molecule has 2 rings (SSSR count). The number of halogens is 1. The van der Waals surface area contributed by atoms with Gasteiger partial charge in [-0.1, -0.05) is 18.5 Å². The molecule has 0 fully saturated rings. The normalized spacial score (nSPS) is 10.3. The van der Waals surface area contributed by atoms with Crippen molar-refractivity contribution in [2.45, 2.75) is 20.3 Å². The molecule has 5 heteroatoms. The van der Waals surface area contributed by atoms with Crippen molar-refractivity contribution >= 4 is 17.6 Å². The van der Waals surface area contributed by atoms with Gasteiger partial charge in [0.05, 0.1) is 5.56 Å². The first kappa shape index (κ1) is 14.3. The number of aromatic nitrogens is 1. The first-order valence-corrected chi connectivity index (χ1v) is 6.55. The minimum absolute atomic E-state index is 0.139. The van der Waals surface area contributed by atoms with E-state index in [0.717, 1.165) is 12.0 Å². The lowest BCUT2D eigenvalue weighted by Crippen LogP contribution is -2.00. The number of carboxylic acid groups (broad SMARTS) is 1. The number of nitrogens with zero attached hydrogens (tertiary/aromatic N) is 1. The number of rotatable bonds is 4. The molecule has 0 aliphatic rings. The van der Waals surface area contributed by atoms with E-state index >= 15 is 0 Å². The quantitative estimate of drug-likeness (QED) is 0.921. The maximum absolute atomic E-state index is 10.8. The van der Waals surface area contributed by atoms with E-state index in [1.54, 1.807) is 19.1 Å². The van der Waals surface area contributed by atoms with Crippen LogP contribution in [0.4, 0.5) is 0 Å². The predicted octanol–water partition coefficient (Wildman–Crippen LogP) is 4.10. The minimum atomic E-state index is -1.01. The number of ether oxygens (including phenoxy) is 1. The van der Waals surface area contributed by atoms with Gasteiger partial charge in [0.15, 0.2) is 0 Å². The number of aromatic carboxylic acids is 1. The van der Waals surface area contributed by atoms with E-state index in [2.05, 4.69) is 4.98 Å². The first-order valence-electron chi connectivity index (χ1n) is 6.17. The van der Waals surface area contributed by atoms with E-state index in [4.69, 9.17) is 21.4 Å². The lowest BCUT2D eigenvalue weighted by molar-refractivity contribution is 0.0696. The van der Waals surface area contributed by atoms with Crippen LogP contribution >= 0.6 is 11.6 Å². The van der Waals surface area contributed by atoms with Crippen LogP contribution in [0.25, 0.3) is 0 Å². The van der Waals surface area contributed by atoms with Crippen molar-refractivity contribution in [1.29, 1.82) is 0 Å². The zero-order valence-electron chi connectivity index (χ0n) is 11.2. The molecule has 1 N–H and O–H groups in total. The Morgan fingerprint density at radius 2 is 2.15 bits per heavy atom. The van der Waals surface area contributed by atoms with Gasteiger partial charge in [-0.25, -0.2) is 9.78 Å². The third kappa shape index (κ3) is 3.08. The van der Waals surface area contributed by atoms with E-state index in [1.165, 1.54) is 12.3 Å². The summed E-state index contributed by atoms with van der Waals surface area (Å²) in [5.74, 6) is 0.0104. The molecule has 0 saturated heterocycles. The molecule has 104 valence electrons. The number of aryl methyl sites for hydroxylation is 2. The van der Waals surface area contributed by atoms with Gasteiger partial charge in [0.25, 0.3) is 0 Å². The maximum atomic E-state index is 10.8. The zero-order chi connectivity index (χ0) is 14.7. The van der Waals surface area contributed by atoms with Crippen LogP contribution in [0.2, 0.25) is 5.02 Å². The Kier molecular flexibility index (Phi) is 4.25. The van der Waals surface area contributed by atoms with Gasteiger partial charge in [0, 0.05) is 16.8 Å². The summed E-state index contributed by atoms with van der Waals surface area (Å²) in [4.78, 5) is 14.9. The molecule has 20 heavy (non-hydrogen) atoms. The minimum Gasteiger partial charge on any atom is -0.478 e. The average molecular weight is 292 g/mol. The molecule has 2 aromatic rings. The molecule has 0 radical (unpaired) electrons. The molecule has 0 spiro atoms. The fraction of sp³-hybridized carbons (Fsp3) is 0.200. The molecule has 4 nitrogen and oxygen atoms in total. The number of carboxylic acids is 1. The van der Waals surface area contributed by atoms with Gasteiger partial charge in [-0.3, -0.25) is 0 Å². The Balaban J connectivity index is 2.28. The van der Waals surface area contributed by atoms with Crippen molar-refractivity contribution < 1.29 is 14.6 Å². The summed E-state index contributed by atoms with van der Waals surface area (Å²) in [5, 5.41) is 9.59. The molecule has 0 bridgehead atoms. The first-order chi connectivity index (χ1) is 9.51. The third-order valence-electron chi connectivity index (χ3n) is 2.89. The second-order valence-corrected chi connectivity index (χ2v) is 4.77. The van der Waals surface area contributed by atoms with E-state index in [0.29, 0.717) is 22.2 Å². The van der Waals surface area contributed by atoms with Gasteiger partial charge >= 0.3 is 5.97 Å². The molecule has 0 unspecified atom stereocenters. The molecular formula is C15H14ClNO3. The van der Waals surface area contributed by atoms with E-state index < -0.39 is 5.97 Å². The van der Waals surface area contributed by atoms with Gasteiger partial charge in [-0.05, 0) is 43.2 Å². The highest BCUT2D eigenvalue weighted by Gasteiger charge is 2.09. The number of hydrogen-bond donors (Lipinski definition) is 1. The fourth-order valence-electron chi connectivity index (χ4n) is 1.78. The molecule has 0 aliphatic heterocycles. The van der Waals surface area contributed by atoms with Crippen molar-refractivity contribution in [2.24, 2.45) is 0 Å². The van der Waals surface area contributed by atoms with E-state index in [1.807, 2.05) is 13.0 Å². The Labute approximate surface area is 122 Å². The SMILES string of the molecule is CCc1cc(Oc2ncc(C(=O)O)cc2C)ccc1Cl. The highest BCUT2D eigenvalue weighted by molar-refractivity contribution is 6.31. The highest BCUT2D eigenvalue weighted by Crippen LogP contribution is 2.27. The summed E-state index contributed by atoms with van der Waals surface area (Å²) in [7, 11) is 0. The summed E-state index contributed by atoms with van der Waals surface area (Å²) < 4.78 is 5.68. The molecule has 0 amide bonds. The van der Waals surface area contributed by atoms with Gasteiger partial charge in [-0.2, -0.15) is 0 Å². The number of benzene rings is 1. The summed E-state index contributed by atoms with van der Waals surface area (Å²) in [6.07, 6.45) is 2.09. The largest absolute Gasteiger partial charge is 0.478 e. The van der Waals surface area contributed by atoms with E-state index in [-0.39, 0.29) is 5.56 Å². The van der Waals surface area contributed by atoms with Gasteiger partial charge in [0.2, 0.25) is 5.88 Å². The Morgan fingerprint density at radius 3 is 2.75 bits per heavy atom. The Morgan fingerprint density at radius 1 is 1.40 bits per heavy atom. The van der Waals surface area contributed by atoms with Crippen LogP contribution in [0.5, 0.6) is 11.6 Å². The van der Waals surface area contributed by atoms with Gasteiger partial charge < -0.3 is 9.84 Å². The molecule has 0 aliphatic carbocycles. The van der Waals surface area contributed by atoms with Gasteiger partial charge in [0.1, 0.15) is 5.75 Å². The molecule has 0 atom stereocenters. The lowest BCUT2D eigenvalue weighted by Gasteiger charge is -2.10. The summed E-state index contributed by atoms with van der Waals surface area (Å²) in [5.41, 5.74) is 1.79. The molecular weight excluding hydrogens is 278 g/mol. The smallest absolute Gasteiger partial charge is 0.337 e. The average Bonchev–Trinajstić information content (AvgIpc) is 2.42. The third-order valence-corrected chi connectivity index (χ3v) is 3.26. The van der Waals surface area contributed by atoms with Crippen LogP contribution in [-0.2, 0) is 6.42 Å². The fourth-order valence-corrected chi connectivity index (χ4v) is 2.03. The maximum Gasteiger partial charge on any atom is 0.337 e. The van der Waals surface area contributed by atoms with Gasteiger partial charge in [-0.15, -0.1) is 0 Å². The molecule has 0 saturated carbocycles. The molecule has 1 aromatic heterocycles. The summed E-state index contributed by atoms with van der Waals surface area (Å²) in [6, 6.07) is 6.92. The monoisotopic (exact) mass is 291 g/mol. The van der Waals surface area contributed by atoms with E-state index in [9.17, 15) is 4.79 Å². The number of carbonyl (C=O) groups is 1.